The van der Waals surface area contributed by atoms with Crippen LogP contribution < -0.4 is 15.8 Å². The Kier molecular flexibility index (Phi) is 3.83. The van der Waals surface area contributed by atoms with Gasteiger partial charge in [0.25, 0.3) is 0 Å². The molecule has 104 valence electrons. The van der Waals surface area contributed by atoms with Crippen LogP contribution in [0.2, 0.25) is 0 Å². The van der Waals surface area contributed by atoms with Crippen LogP contribution >= 0.6 is 15.9 Å². The van der Waals surface area contributed by atoms with Crippen molar-refractivity contribution in [3.63, 3.8) is 0 Å². The highest BCUT2D eigenvalue weighted by atomic mass is 79.9. The predicted molar refractivity (Wildman–Crippen MR) is 86.4 cm³/mol. The van der Waals surface area contributed by atoms with Crippen molar-refractivity contribution >= 4 is 27.3 Å². The highest BCUT2D eigenvalue weighted by Crippen LogP contribution is 2.26. The Hall–Kier alpha value is -1.68. The molecular weight excluding hydrogens is 316 g/mol. The second kappa shape index (κ2) is 5.75. The summed E-state index contributed by atoms with van der Waals surface area (Å²) in [5.74, 6) is 1.04. The molecule has 4 heteroatoms. The van der Waals surface area contributed by atoms with Crippen LogP contribution in [0.15, 0.2) is 40.9 Å². The molecule has 0 fully saturated rings. The number of anilines is 2. The fraction of sp³-hybridized carbons (Fsp3) is 0.250. The monoisotopic (exact) mass is 332 g/mol. The number of halogens is 1. The zero-order valence-corrected chi connectivity index (χ0v) is 12.7. The molecule has 0 unspecified atom stereocenters. The molecule has 0 saturated heterocycles. The lowest BCUT2D eigenvalue weighted by atomic mass is 10.1. The summed E-state index contributed by atoms with van der Waals surface area (Å²) < 4.78 is 6.52. The van der Waals surface area contributed by atoms with Gasteiger partial charge in [-0.3, -0.25) is 0 Å². The third kappa shape index (κ3) is 2.90. The summed E-state index contributed by atoms with van der Waals surface area (Å²) in [7, 11) is 0. The third-order valence-electron chi connectivity index (χ3n) is 3.50. The minimum atomic E-state index is 0.765. The maximum Gasteiger partial charge on any atom is 0.122 e. The van der Waals surface area contributed by atoms with E-state index >= 15 is 0 Å². The standard InChI is InChI=1S/C16H17BrN2O/c17-13-2-3-15(14(18)10-13)19-7-5-11-1-4-16-12(9-11)6-8-20-16/h1-4,9-10,19H,5-8,18H2. The first kappa shape index (κ1) is 13.3. The molecule has 0 atom stereocenters. The molecule has 3 N–H and O–H groups in total. The Bertz CT molecular complexity index is 628. The maximum absolute atomic E-state index is 5.97. The van der Waals surface area contributed by atoms with Gasteiger partial charge in [0.15, 0.2) is 0 Å². The van der Waals surface area contributed by atoms with Crippen LogP contribution in [0.1, 0.15) is 11.1 Å². The van der Waals surface area contributed by atoms with E-state index in [2.05, 4.69) is 39.4 Å². The Morgan fingerprint density at radius 3 is 2.95 bits per heavy atom. The molecule has 0 aromatic heterocycles. The number of nitrogen functional groups attached to an aromatic ring is 1. The van der Waals surface area contributed by atoms with E-state index < -0.39 is 0 Å². The summed E-state index contributed by atoms with van der Waals surface area (Å²) in [5, 5.41) is 3.38. The van der Waals surface area contributed by atoms with Crippen LogP contribution in [0.3, 0.4) is 0 Å². The van der Waals surface area contributed by atoms with Crippen LogP contribution in [0.4, 0.5) is 11.4 Å². The summed E-state index contributed by atoms with van der Waals surface area (Å²) in [6.07, 6.45) is 2.00. The molecule has 3 rings (SSSR count). The van der Waals surface area contributed by atoms with Crippen LogP contribution in [-0.2, 0) is 12.8 Å². The van der Waals surface area contributed by atoms with Gasteiger partial charge in [0.05, 0.1) is 18.0 Å². The van der Waals surface area contributed by atoms with Gasteiger partial charge in [-0.05, 0) is 41.8 Å². The van der Waals surface area contributed by atoms with Crippen LogP contribution in [-0.4, -0.2) is 13.2 Å². The van der Waals surface area contributed by atoms with Gasteiger partial charge in [-0.2, -0.15) is 0 Å². The molecule has 2 aromatic rings. The fourth-order valence-corrected chi connectivity index (χ4v) is 2.81. The van der Waals surface area contributed by atoms with E-state index in [0.717, 1.165) is 47.6 Å². The van der Waals surface area contributed by atoms with E-state index in [-0.39, 0.29) is 0 Å². The molecule has 0 spiro atoms. The predicted octanol–water partition coefficient (Wildman–Crippen LogP) is 3.62. The minimum absolute atomic E-state index is 0.765. The Balaban J connectivity index is 1.60. The molecule has 0 saturated carbocycles. The Labute approximate surface area is 127 Å². The van der Waals surface area contributed by atoms with Gasteiger partial charge in [-0.15, -0.1) is 0 Å². The van der Waals surface area contributed by atoms with E-state index in [4.69, 9.17) is 10.5 Å². The topological polar surface area (TPSA) is 47.3 Å². The van der Waals surface area contributed by atoms with Crippen molar-refractivity contribution < 1.29 is 4.74 Å². The van der Waals surface area contributed by atoms with Crippen LogP contribution in [0, 0.1) is 0 Å². The van der Waals surface area contributed by atoms with Crippen molar-refractivity contribution in [2.24, 2.45) is 0 Å². The summed E-state index contributed by atoms with van der Waals surface area (Å²) in [4.78, 5) is 0. The number of ether oxygens (including phenoxy) is 1. The average Bonchev–Trinajstić information content (AvgIpc) is 2.89. The molecule has 0 radical (unpaired) electrons. The quantitative estimate of drug-likeness (QED) is 0.840. The molecule has 1 aliphatic rings. The number of benzene rings is 2. The van der Waals surface area contributed by atoms with E-state index in [1.807, 2.05) is 18.2 Å². The van der Waals surface area contributed by atoms with E-state index in [1.54, 1.807) is 0 Å². The largest absolute Gasteiger partial charge is 0.493 e. The summed E-state index contributed by atoms with van der Waals surface area (Å²) in [6.45, 7) is 1.68. The van der Waals surface area contributed by atoms with Gasteiger partial charge in [0, 0.05) is 17.4 Å². The summed E-state index contributed by atoms with van der Waals surface area (Å²) in [6, 6.07) is 12.4. The molecule has 20 heavy (non-hydrogen) atoms. The second-order valence-corrected chi connectivity index (χ2v) is 5.86. The third-order valence-corrected chi connectivity index (χ3v) is 3.99. The average molecular weight is 333 g/mol. The second-order valence-electron chi connectivity index (χ2n) is 4.95. The van der Waals surface area contributed by atoms with Crippen molar-refractivity contribution in [2.45, 2.75) is 12.8 Å². The number of nitrogens with two attached hydrogens (primary N) is 1. The van der Waals surface area contributed by atoms with Gasteiger partial charge in [-0.1, -0.05) is 28.1 Å². The fourth-order valence-electron chi connectivity index (χ4n) is 2.43. The molecule has 2 aromatic carbocycles. The van der Waals surface area contributed by atoms with Crippen molar-refractivity contribution in [2.75, 3.05) is 24.2 Å². The lowest BCUT2D eigenvalue weighted by molar-refractivity contribution is 0.357. The Morgan fingerprint density at radius 1 is 1.20 bits per heavy atom. The minimum Gasteiger partial charge on any atom is -0.493 e. The van der Waals surface area contributed by atoms with E-state index in [1.165, 1.54) is 11.1 Å². The zero-order chi connectivity index (χ0) is 13.9. The lowest BCUT2D eigenvalue weighted by Crippen LogP contribution is -2.07. The zero-order valence-electron chi connectivity index (χ0n) is 11.2. The van der Waals surface area contributed by atoms with Crippen molar-refractivity contribution in [3.05, 3.63) is 52.0 Å². The number of hydrogen-bond donors (Lipinski definition) is 2. The van der Waals surface area contributed by atoms with E-state index in [0.29, 0.717) is 0 Å². The van der Waals surface area contributed by atoms with Gasteiger partial charge >= 0.3 is 0 Å². The molecule has 3 nitrogen and oxygen atoms in total. The van der Waals surface area contributed by atoms with E-state index in [9.17, 15) is 0 Å². The van der Waals surface area contributed by atoms with Gasteiger partial charge < -0.3 is 15.8 Å². The lowest BCUT2D eigenvalue weighted by Gasteiger charge is -2.10. The molecule has 1 heterocycles. The molecular formula is C16H17BrN2O. The summed E-state index contributed by atoms with van der Waals surface area (Å²) >= 11 is 3.41. The first-order chi connectivity index (χ1) is 9.72. The number of fused-ring (bicyclic) bond motifs is 1. The van der Waals surface area contributed by atoms with Crippen molar-refractivity contribution in [1.82, 2.24) is 0 Å². The maximum atomic E-state index is 5.97. The molecule has 0 amide bonds. The normalized spacial score (nSPS) is 12.8. The van der Waals surface area contributed by atoms with Crippen molar-refractivity contribution in [1.29, 1.82) is 0 Å². The molecule has 0 bridgehead atoms. The number of nitrogens with one attached hydrogen (secondary N) is 1. The summed E-state index contributed by atoms with van der Waals surface area (Å²) in [5.41, 5.74) is 10.4. The number of hydrogen-bond acceptors (Lipinski definition) is 3. The van der Waals surface area contributed by atoms with Crippen molar-refractivity contribution in [3.8, 4) is 5.75 Å². The highest BCUT2D eigenvalue weighted by Gasteiger charge is 2.11. The van der Waals surface area contributed by atoms with Gasteiger partial charge in [0.1, 0.15) is 5.75 Å². The number of rotatable bonds is 4. The van der Waals surface area contributed by atoms with Crippen LogP contribution in [0.5, 0.6) is 5.75 Å². The van der Waals surface area contributed by atoms with Gasteiger partial charge in [0.2, 0.25) is 0 Å². The Morgan fingerprint density at radius 2 is 2.10 bits per heavy atom. The smallest absolute Gasteiger partial charge is 0.122 e. The first-order valence-electron chi connectivity index (χ1n) is 6.76. The first-order valence-corrected chi connectivity index (χ1v) is 7.55. The highest BCUT2D eigenvalue weighted by molar-refractivity contribution is 9.10. The van der Waals surface area contributed by atoms with Crippen LogP contribution in [0.25, 0.3) is 0 Å². The van der Waals surface area contributed by atoms with Gasteiger partial charge in [-0.25, -0.2) is 0 Å². The SMILES string of the molecule is Nc1cc(Br)ccc1NCCc1ccc2c(c1)CCO2. The molecule has 1 aliphatic heterocycles. The molecule has 0 aliphatic carbocycles.